The molecule has 1 atom stereocenters. The zero-order valence-electron chi connectivity index (χ0n) is 22.2. The second-order valence-corrected chi connectivity index (χ2v) is 18.8. The number of esters is 1. The van der Waals surface area contributed by atoms with E-state index in [0.29, 0.717) is 42.9 Å². The molecule has 0 aromatic heterocycles. The van der Waals surface area contributed by atoms with Crippen molar-refractivity contribution in [3.8, 4) is 11.5 Å². The Labute approximate surface area is 211 Å². The number of ether oxygens (including phenoxy) is 2. The summed E-state index contributed by atoms with van der Waals surface area (Å²) in [5.74, 6) is 0.989. The van der Waals surface area contributed by atoms with Crippen molar-refractivity contribution in [3.63, 3.8) is 0 Å². The highest BCUT2D eigenvalue weighted by atomic mass is 31.2. The van der Waals surface area contributed by atoms with Crippen LogP contribution >= 0.6 is 7.37 Å². The van der Waals surface area contributed by atoms with Crippen molar-refractivity contribution in [2.45, 2.75) is 65.9 Å². The number of hydrogen-bond donors (Lipinski definition) is 0. The summed E-state index contributed by atoms with van der Waals surface area (Å²) in [6.45, 7) is 15.7. The van der Waals surface area contributed by atoms with E-state index in [4.69, 9.17) is 14.0 Å². The lowest BCUT2D eigenvalue weighted by Crippen LogP contribution is -2.23. The second kappa shape index (κ2) is 11.2. The molecule has 5 nitrogen and oxygen atoms in total. The van der Waals surface area contributed by atoms with Gasteiger partial charge in [-0.05, 0) is 56.0 Å². The molecule has 1 aliphatic rings. The molecule has 1 aliphatic heterocycles. The van der Waals surface area contributed by atoms with E-state index in [1.807, 2.05) is 37.3 Å². The average Bonchev–Trinajstić information content (AvgIpc) is 3.15. The minimum absolute atomic E-state index is 0.301. The van der Waals surface area contributed by atoms with E-state index in [1.165, 1.54) is 5.56 Å². The minimum atomic E-state index is -2.86. The number of benzene rings is 2. The van der Waals surface area contributed by atoms with E-state index < -0.39 is 15.4 Å². The third kappa shape index (κ3) is 7.11. The van der Waals surface area contributed by atoms with E-state index in [2.05, 4.69) is 39.6 Å². The number of cyclic esters (lactones) is 1. The Hall–Kier alpha value is -2.30. The predicted molar refractivity (Wildman–Crippen MR) is 146 cm³/mol. The van der Waals surface area contributed by atoms with Crippen molar-refractivity contribution in [1.29, 1.82) is 0 Å². The molecule has 0 fully saturated rings. The Morgan fingerprint density at radius 2 is 1.86 bits per heavy atom. The van der Waals surface area contributed by atoms with Gasteiger partial charge in [-0.1, -0.05) is 56.4 Å². The van der Waals surface area contributed by atoms with Gasteiger partial charge in [0.2, 0.25) is 7.37 Å². The molecular formula is C28H39O5PSi. The van der Waals surface area contributed by atoms with Crippen molar-refractivity contribution in [2.24, 2.45) is 0 Å². The summed E-state index contributed by atoms with van der Waals surface area (Å²) >= 11 is 0. The van der Waals surface area contributed by atoms with Gasteiger partial charge in [-0.2, -0.15) is 0 Å². The van der Waals surface area contributed by atoms with Crippen molar-refractivity contribution >= 4 is 21.4 Å². The van der Waals surface area contributed by atoms with E-state index in [1.54, 1.807) is 6.66 Å². The zero-order valence-corrected chi connectivity index (χ0v) is 24.1. The van der Waals surface area contributed by atoms with Gasteiger partial charge in [-0.3, -0.25) is 4.57 Å². The smallest absolute Gasteiger partial charge is 0.342 e. The number of rotatable bonds is 11. The average molecular weight is 515 g/mol. The SMILES string of the molecule is CCc1c(C)c2c(c(OCC[Si](C)(C)C)c1C/C=C(\C)CP(C)(=O)Oc1ccccc1)C(=O)OC2. The maximum absolute atomic E-state index is 13.1. The minimum Gasteiger partial charge on any atom is -0.493 e. The Kier molecular flexibility index (Phi) is 8.71. The van der Waals surface area contributed by atoms with Gasteiger partial charge >= 0.3 is 5.97 Å². The monoisotopic (exact) mass is 514 g/mol. The third-order valence-electron chi connectivity index (χ3n) is 6.31. The molecule has 35 heavy (non-hydrogen) atoms. The number of para-hydroxylation sites is 1. The highest BCUT2D eigenvalue weighted by Gasteiger charge is 2.32. The van der Waals surface area contributed by atoms with Gasteiger partial charge in [-0.25, -0.2) is 4.79 Å². The van der Waals surface area contributed by atoms with Gasteiger partial charge < -0.3 is 14.0 Å². The molecule has 0 spiro atoms. The molecule has 0 amide bonds. The summed E-state index contributed by atoms with van der Waals surface area (Å²) in [5, 5.41) is 0. The summed E-state index contributed by atoms with van der Waals surface area (Å²) < 4.78 is 30.7. The summed E-state index contributed by atoms with van der Waals surface area (Å²) in [6, 6.07) is 10.3. The number of carbonyl (C=O) groups is 1. The topological polar surface area (TPSA) is 61.8 Å². The first-order valence-electron chi connectivity index (χ1n) is 12.4. The molecule has 7 heteroatoms. The third-order valence-corrected chi connectivity index (χ3v) is 9.68. The first kappa shape index (κ1) is 27.3. The molecule has 3 rings (SSSR count). The zero-order chi connectivity index (χ0) is 25.8. The van der Waals surface area contributed by atoms with Gasteiger partial charge in [0.1, 0.15) is 23.7 Å². The van der Waals surface area contributed by atoms with E-state index in [-0.39, 0.29) is 5.97 Å². The van der Waals surface area contributed by atoms with E-state index in [0.717, 1.165) is 34.7 Å². The lowest BCUT2D eigenvalue weighted by atomic mass is 9.89. The van der Waals surface area contributed by atoms with Crippen molar-refractivity contribution in [2.75, 3.05) is 19.4 Å². The molecule has 190 valence electrons. The molecule has 2 aromatic rings. The maximum Gasteiger partial charge on any atom is 0.342 e. The Bertz CT molecular complexity index is 1150. The molecule has 0 bridgehead atoms. The first-order valence-corrected chi connectivity index (χ1v) is 18.3. The fourth-order valence-corrected chi connectivity index (χ4v) is 6.85. The van der Waals surface area contributed by atoms with Crippen LogP contribution in [0.15, 0.2) is 42.0 Å². The number of hydrogen-bond acceptors (Lipinski definition) is 5. The molecule has 1 unspecified atom stereocenters. The van der Waals surface area contributed by atoms with Crippen LogP contribution in [-0.4, -0.2) is 33.5 Å². The molecule has 0 radical (unpaired) electrons. The lowest BCUT2D eigenvalue weighted by Gasteiger charge is -2.22. The van der Waals surface area contributed by atoms with Gasteiger partial charge in [-0.15, -0.1) is 0 Å². The fraction of sp³-hybridized carbons (Fsp3) is 0.464. The van der Waals surface area contributed by atoms with Crippen LogP contribution in [0.5, 0.6) is 11.5 Å². The highest BCUT2D eigenvalue weighted by Crippen LogP contribution is 2.45. The normalized spacial score (nSPS) is 15.4. The predicted octanol–water partition coefficient (Wildman–Crippen LogP) is 7.42. The summed E-state index contributed by atoms with van der Waals surface area (Å²) in [6.07, 6.45) is 3.89. The molecule has 0 saturated heterocycles. The number of fused-ring (bicyclic) bond motifs is 1. The van der Waals surface area contributed by atoms with Crippen LogP contribution in [0.25, 0.3) is 0 Å². The molecule has 0 aliphatic carbocycles. The Morgan fingerprint density at radius 3 is 2.49 bits per heavy atom. The number of allylic oxidation sites excluding steroid dienone is 2. The Morgan fingerprint density at radius 1 is 1.17 bits per heavy atom. The van der Waals surface area contributed by atoms with Crippen LogP contribution < -0.4 is 9.26 Å². The molecule has 2 aromatic carbocycles. The maximum atomic E-state index is 13.1. The lowest BCUT2D eigenvalue weighted by molar-refractivity contribution is 0.0532. The van der Waals surface area contributed by atoms with Crippen LogP contribution in [0.4, 0.5) is 0 Å². The van der Waals surface area contributed by atoms with Crippen LogP contribution in [0.2, 0.25) is 25.7 Å². The fourth-order valence-electron chi connectivity index (χ4n) is 4.47. The largest absolute Gasteiger partial charge is 0.493 e. The van der Waals surface area contributed by atoms with Crippen molar-refractivity contribution in [3.05, 3.63) is 69.8 Å². The molecule has 1 heterocycles. The molecule has 0 saturated carbocycles. The van der Waals surface area contributed by atoms with Gasteiger partial charge in [0.25, 0.3) is 0 Å². The van der Waals surface area contributed by atoms with Gasteiger partial charge in [0, 0.05) is 25.9 Å². The van der Waals surface area contributed by atoms with Crippen LogP contribution in [-0.2, 0) is 28.8 Å². The quantitative estimate of drug-likeness (QED) is 0.135. The van der Waals surface area contributed by atoms with Crippen LogP contribution in [0.1, 0.15) is 46.5 Å². The summed E-state index contributed by atoms with van der Waals surface area (Å²) in [7, 11) is -4.16. The molecular weight excluding hydrogens is 475 g/mol. The Balaban J connectivity index is 1.90. The molecule has 0 N–H and O–H groups in total. The van der Waals surface area contributed by atoms with Gasteiger partial charge in [0.05, 0.1) is 12.8 Å². The summed E-state index contributed by atoms with van der Waals surface area (Å²) in [5.41, 5.74) is 5.88. The summed E-state index contributed by atoms with van der Waals surface area (Å²) in [4.78, 5) is 12.7. The number of carbonyl (C=O) groups excluding carboxylic acids is 1. The van der Waals surface area contributed by atoms with Crippen molar-refractivity contribution in [1.82, 2.24) is 0 Å². The first-order chi connectivity index (χ1) is 16.4. The van der Waals surface area contributed by atoms with Crippen LogP contribution in [0, 0.1) is 6.92 Å². The van der Waals surface area contributed by atoms with Crippen LogP contribution in [0.3, 0.4) is 0 Å². The van der Waals surface area contributed by atoms with Crippen molar-refractivity contribution < 1.29 is 23.4 Å². The standard InChI is InChI=1S/C28H39O5PSi/c1-8-23-21(3)25-18-32-28(29)26(25)27(31-16-17-35(5,6)7)24(23)15-14-20(2)19-34(4,30)33-22-12-10-9-11-13-22/h9-14H,8,15-19H2,1-7H3/b20-14+. The highest BCUT2D eigenvalue weighted by molar-refractivity contribution is 7.58. The van der Waals surface area contributed by atoms with E-state index in [9.17, 15) is 9.36 Å². The van der Waals surface area contributed by atoms with Gasteiger partial charge in [0.15, 0.2) is 0 Å². The second-order valence-electron chi connectivity index (χ2n) is 10.7. The van der Waals surface area contributed by atoms with E-state index >= 15 is 0 Å².